The number of aliphatic hydroxyl groups is 1. The molecule has 0 aromatic carbocycles. The van der Waals surface area contributed by atoms with Gasteiger partial charge in [0.05, 0.1) is 11.8 Å². The lowest BCUT2D eigenvalue weighted by Crippen LogP contribution is -2.54. The van der Waals surface area contributed by atoms with Gasteiger partial charge in [-0.15, -0.1) is 0 Å². The molecule has 0 bridgehead atoms. The number of nitrogens with zero attached hydrogens (tertiary/aromatic N) is 2. The molecule has 1 N–H and O–H groups in total. The number of piperidine rings is 1. The minimum Gasteiger partial charge on any atom is -0.390 e. The predicted octanol–water partition coefficient (Wildman–Crippen LogP) is 1.54. The molecule has 1 saturated heterocycles. The van der Waals surface area contributed by atoms with Crippen LogP contribution in [0.3, 0.4) is 0 Å². The standard InChI is InChI=1S/C14H19FN2O3S/c15-12-7-13(9-16-8-12)21(19,20)17-6-5-14(18)4-2-1-3-11(14)10-17/h7-9,11,18H,1-6,10H2. The van der Waals surface area contributed by atoms with Crippen molar-refractivity contribution in [2.24, 2.45) is 5.92 Å². The topological polar surface area (TPSA) is 70.5 Å². The van der Waals surface area contributed by atoms with Gasteiger partial charge in [-0.1, -0.05) is 12.8 Å². The molecule has 0 spiro atoms. The normalized spacial score (nSPS) is 30.9. The van der Waals surface area contributed by atoms with Crippen LogP contribution in [0, 0.1) is 11.7 Å². The van der Waals surface area contributed by atoms with E-state index in [4.69, 9.17) is 0 Å². The van der Waals surface area contributed by atoms with Crippen molar-refractivity contribution >= 4 is 10.0 Å². The number of rotatable bonds is 2. The Bertz CT molecular complexity index is 637. The Balaban J connectivity index is 1.84. The first kappa shape index (κ1) is 14.9. The van der Waals surface area contributed by atoms with Crippen molar-refractivity contribution in [1.29, 1.82) is 0 Å². The van der Waals surface area contributed by atoms with Crippen molar-refractivity contribution in [3.63, 3.8) is 0 Å². The van der Waals surface area contributed by atoms with Crippen molar-refractivity contribution in [1.82, 2.24) is 9.29 Å². The van der Waals surface area contributed by atoms with E-state index in [0.29, 0.717) is 13.0 Å². The molecule has 7 heteroatoms. The van der Waals surface area contributed by atoms with Crippen LogP contribution in [-0.4, -0.2) is 41.5 Å². The molecule has 1 aromatic rings. The highest BCUT2D eigenvalue weighted by Gasteiger charge is 2.45. The molecule has 21 heavy (non-hydrogen) atoms. The molecular weight excluding hydrogens is 295 g/mol. The van der Waals surface area contributed by atoms with E-state index in [1.54, 1.807) is 0 Å². The summed E-state index contributed by atoms with van der Waals surface area (Å²) in [6.45, 7) is 0.571. The van der Waals surface area contributed by atoms with Crippen LogP contribution in [0.4, 0.5) is 4.39 Å². The van der Waals surface area contributed by atoms with Gasteiger partial charge in [-0.3, -0.25) is 4.98 Å². The second kappa shape index (κ2) is 5.30. The largest absolute Gasteiger partial charge is 0.390 e. The molecule has 0 radical (unpaired) electrons. The van der Waals surface area contributed by atoms with Crippen LogP contribution in [0.5, 0.6) is 0 Å². The van der Waals surface area contributed by atoms with E-state index < -0.39 is 21.4 Å². The Morgan fingerprint density at radius 3 is 2.90 bits per heavy atom. The summed E-state index contributed by atoms with van der Waals surface area (Å²) in [7, 11) is -3.74. The van der Waals surface area contributed by atoms with Crippen molar-refractivity contribution in [3.05, 3.63) is 24.3 Å². The summed E-state index contributed by atoms with van der Waals surface area (Å²) in [6, 6.07) is 0.990. The predicted molar refractivity (Wildman–Crippen MR) is 74.5 cm³/mol. The molecule has 2 fully saturated rings. The van der Waals surface area contributed by atoms with Crippen molar-refractivity contribution < 1.29 is 17.9 Å². The fourth-order valence-corrected chi connectivity index (χ4v) is 4.90. The van der Waals surface area contributed by atoms with Gasteiger partial charge in [-0.2, -0.15) is 4.31 Å². The van der Waals surface area contributed by atoms with Gasteiger partial charge < -0.3 is 5.11 Å². The maximum absolute atomic E-state index is 13.2. The van der Waals surface area contributed by atoms with Gasteiger partial charge in [0.1, 0.15) is 10.7 Å². The molecule has 1 aromatic heterocycles. The lowest BCUT2D eigenvalue weighted by atomic mass is 9.72. The molecule has 1 aliphatic carbocycles. The van der Waals surface area contributed by atoms with Crippen molar-refractivity contribution in [2.75, 3.05) is 13.1 Å². The highest BCUT2D eigenvalue weighted by atomic mass is 32.2. The van der Waals surface area contributed by atoms with E-state index in [0.717, 1.165) is 37.9 Å². The van der Waals surface area contributed by atoms with Crippen molar-refractivity contribution in [2.45, 2.75) is 42.6 Å². The van der Waals surface area contributed by atoms with Crippen LogP contribution in [0.2, 0.25) is 0 Å². The fraction of sp³-hybridized carbons (Fsp3) is 0.643. The summed E-state index contributed by atoms with van der Waals surface area (Å²) in [6.07, 6.45) is 6.18. The molecule has 3 rings (SSSR count). The molecule has 2 heterocycles. The number of hydrogen-bond donors (Lipinski definition) is 1. The molecule has 0 amide bonds. The first-order valence-electron chi connectivity index (χ1n) is 7.25. The third kappa shape index (κ3) is 2.69. The highest BCUT2D eigenvalue weighted by molar-refractivity contribution is 7.89. The Morgan fingerprint density at radius 2 is 2.14 bits per heavy atom. The Kier molecular flexibility index (Phi) is 3.75. The Labute approximate surface area is 123 Å². The van der Waals surface area contributed by atoms with Gasteiger partial charge >= 0.3 is 0 Å². The smallest absolute Gasteiger partial charge is 0.244 e. The van der Waals surface area contributed by atoms with Gasteiger partial charge in [0, 0.05) is 25.2 Å². The van der Waals surface area contributed by atoms with Crippen LogP contribution in [-0.2, 0) is 10.0 Å². The minimum absolute atomic E-state index is 0.0312. The third-order valence-corrected chi connectivity index (χ3v) is 6.54. The Morgan fingerprint density at radius 1 is 1.33 bits per heavy atom. The maximum atomic E-state index is 13.2. The maximum Gasteiger partial charge on any atom is 0.244 e. The van der Waals surface area contributed by atoms with E-state index in [-0.39, 0.29) is 17.4 Å². The van der Waals surface area contributed by atoms with Crippen LogP contribution in [0.1, 0.15) is 32.1 Å². The quantitative estimate of drug-likeness (QED) is 0.899. The van der Waals surface area contributed by atoms with E-state index in [1.165, 1.54) is 10.5 Å². The zero-order valence-electron chi connectivity index (χ0n) is 11.7. The van der Waals surface area contributed by atoms with Gasteiger partial charge in [0.15, 0.2) is 0 Å². The summed E-state index contributed by atoms with van der Waals surface area (Å²) >= 11 is 0. The number of aromatic nitrogens is 1. The SMILES string of the molecule is O=S(=O)(c1cncc(F)c1)N1CCC2(O)CCCCC2C1. The molecule has 2 aliphatic rings. The zero-order chi connectivity index (χ0) is 15.1. The second-order valence-corrected chi connectivity index (χ2v) is 7.94. The Hall–Kier alpha value is -1.05. The van der Waals surface area contributed by atoms with E-state index >= 15 is 0 Å². The summed E-state index contributed by atoms with van der Waals surface area (Å²) in [5.74, 6) is -0.696. The summed E-state index contributed by atoms with van der Waals surface area (Å²) < 4.78 is 39.7. The fourth-order valence-electron chi connectivity index (χ4n) is 3.44. The van der Waals surface area contributed by atoms with Crippen LogP contribution in [0.25, 0.3) is 0 Å². The first-order valence-corrected chi connectivity index (χ1v) is 8.69. The number of sulfonamides is 1. The van der Waals surface area contributed by atoms with E-state index in [1.807, 2.05) is 0 Å². The number of pyridine rings is 1. The lowest BCUT2D eigenvalue weighted by molar-refractivity contribution is -0.0816. The van der Waals surface area contributed by atoms with E-state index in [9.17, 15) is 17.9 Å². The summed E-state index contributed by atoms with van der Waals surface area (Å²) in [4.78, 5) is 3.49. The number of fused-ring (bicyclic) bond motifs is 1. The average molecular weight is 314 g/mol. The molecule has 2 atom stereocenters. The van der Waals surface area contributed by atoms with E-state index in [2.05, 4.69) is 4.98 Å². The van der Waals surface area contributed by atoms with Gasteiger partial charge in [0.2, 0.25) is 10.0 Å². The summed E-state index contributed by atoms with van der Waals surface area (Å²) in [5, 5.41) is 10.6. The molecular formula is C14H19FN2O3S. The summed E-state index contributed by atoms with van der Waals surface area (Å²) in [5.41, 5.74) is -0.732. The molecule has 1 aliphatic heterocycles. The monoisotopic (exact) mass is 314 g/mol. The molecule has 5 nitrogen and oxygen atoms in total. The minimum atomic E-state index is -3.74. The third-order valence-electron chi connectivity index (χ3n) is 4.71. The van der Waals surface area contributed by atoms with Crippen LogP contribution < -0.4 is 0 Å². The van der Waals surface area contributed by atoms with Gasteiger partial charge in [-0.05, 0) is 25.3 Å². The van der Waals surface area contributed by atoms with Crippen LogP contribution in [0.15, 0.2) is 23.4 Å². The number of halogens is 1. The number of hydrogen-bond acceptors (Lipinski definition) is 4. The van der Waals surface area contributed by atoms with Gasteiger partial charge in [-0.25, -0.2) is 12.8 Å². The lowest BCUT2D eigenvalue weighted by Gasteiger charge is -2.46. The van der Waals surface area contributed by atoms with Crippen molar-refractivity contribution in [3.8, 4) is 0 Å². The molecule has 1 saturated carbocycles. The highest BCUT2D eigenvalue weighted by Crippen LogP contribution is 2.40. The first-order chi connectivity index (χ1) is 9.92. The second-order valence-electron chi connectivity index (χ2n) is 6.00. The van der Waals surface area contributed by atoms with Crippen LogP contribution >= 0.6 is 0 Å². The average Bonchev–Trinajstić information content (AvgIpc) is 2.46. The molecule has 2 unspecified atom stereocenters. The zero-order valence-corrected chi connectivity index (χ0v) is 12.5. The van der Waals surface area contributed by atoms with Gasteiger partial charge in [0.25, 0.3) is 0 Å². The molecule has 116 valence electrons.